The SMILES string of the molecule is Nc1c(N2CCCC2)cc([N+](=O)[O-])cc1S(N)(=O)=O. The summed E-state index contributed by atoms with van der Waals surface area (Å²) in [5, 5.41) is 15.9. The zero-order valence-electron chi connectivity index (χ0n) is 10.1. The lowest BCUT2D eigenvalue weighted by Crippen LogP contribution is -2.22. The van der Waals surface area contributed by atoms with Gasteiger partial charge in [0.15, 0.2) is 0 Å². The molecule has 1 heterocycles. The van der Waals surface area contributed by atoms with Gasteiger partial charge in [0.1, 0.15) is 4.90 Å². The fourth-order valence-corrected chi connectivity index (χ4v) is 2.85. The fraction of sp³-hybridized carbons (Fsp3) is 0.400. The van der Waals surface area contributed by atoms with Crippen molar-refractivity contribution in [3.05, 3.63) is 22.2 Å². The van der Waals surface area contributed by atoms with Gasteiger partial charge < -0.3 is 10.6 Å². The van der Waals surface area contributed by atoms with Crippen LogP contribution in [0.5, 0.6) is 0 Å². The standard InChI is InChI=1S/C10H14N4O4S/c11-10-8(13-3-1-2-4-13)5-7(14(15)16)6-9(10)19(12,17)18/h5-6H,1-4,11H2,(H2,12,17,18). The van der Waals surface area contributed by atoms with Crippen molar-refractivity contribution in [1.82, 2.24) is 0 Å². The maximum absolute atomic E-state index is 11.5. The monoisotopic (exact) mass is 286 g/mol. The Labute approximate surface area is 110 Å². The number of hydrogen-bond acceptors (Lipinski definition) is 6. The van der Waals surface area contributed by atoms with E-state index >= 15 is 0 Å². The van der Waals surface area contributed by atoms with Gasteiger partial charge in [-0.1, -0.05) is 0 Å². The molecule has 0 bridgehead atoms. The number of hydrogen-bond donors (Lipinski definition) is 2. The van der Waals surface area contributed by atoms with Crippen LogP contribution >= 0.6 is 0 Å². The van der Waals surface area contributed by atoms with Crippen LogP contribution in [0.25, 0.3) is 0 Å². The normalized spacial score (nSPS) is 15.7. The second kappa shape index (κ2) is 4.67. The molecule has 2 rings (SSSR count). The van der Waals surface area contributed by atoms with Gasteiger partial charge in [0.25, 0.3) is 5.69 Å². The molecule has 0 unspecified atom stereocenters. The number of primary sulfonamides is 1. The molecule has 0 atom stereocenters. The summed E-state index contributed by atoms with van der Waals surface area (Å²) < 4.78 is 22.9. The van der Waals surface area contributed by atoms with Gasteiger partial charge in [-0.05, 0) is 12.8 Å². The maximum Gasteiger partial charge on any atom is 0.273 e. The van der Waals surface area contributed by atoms with Gasteiger partial charge in [0.05, 0.1) is 16.3 Å². The summed E-state index contributed by atoms with van der Waals surface area (Å²) in [5.74, 6) is 0. The lowest BCUT2D eigenvalue weighted by molar-refractivity contribution is -0.385. The van der Waals surface area contributed by atoms with Gasteiger partial charge in [0, 0.05) is 25.2 Å². The van der Waals surface area contributed by atoms with Crippen LogP contribution in [-0.2, 0) is 10.0 Å². The molecule has 0 saturated carbocycles. The molecule has 8 nitrogen and oxygen atoms in total. The molecule has 0 aromatic heterocycles. The van der Waals surface area contributed by atoms with E-state index < -0.39 is 19.8 Å². The van der Waals surface area contributed by atoms with E-state index in [0.29, 0.717) is 18.8 Å². The van der Waals surface area contributed by atoms with Crippen molar-refractivity contribution in [2.24, 2.45) is 5.14 Å². The predicted octanol–water partition coefficient (Wildman–Crippen LogP) is 0.425. The van der Waals surface area contributed by atoms with Gasteiger partial charge in [-0.3, -0.25) is 10.1 Å². The number of non-ortho nitro benzene ring substituents is 1. The molecule has 0 amide bonds. The first-order valence-electron chi connectivity index (χ1n) is 5.66. The summed E-state index contributed by atoms with van der Waals surface area (Å²) in [7, 11) is -4.10. The average molecular weight is 286 g/mol. The second-order valence-corrected chi connectivity index (χ2v) is 5.90. The Morgan fingerprint density at radius 1 is 1.26 bits per heavy atom. The molecule has 1 saturated heterocycles. The Bertz CT molecular complexity index is 623. The van der Waals surface area contributed by atoms with Gasteiger partial charge in [-0.25, -0.2) is 13.6 Å². The Kier molecular flexibility index (Phi) is 3.33. The lowest BCUT2D eigenvalue weighted by atomic mass is 10.2. The number of nitrogen functional groups attached to an aromatic ring is 1. The molecule has 4 N–H and O–H groups in total. The van der Waals surface area contributed by atoms with Crippen LogP contribution < -0.4 is 15.8 Å². The molecule has 1 aromatic carbocycles. The minimum Gasteiger partial charge on any atom is -0.396 e. The van der Waals surface area contributed by atoms with Crippen LogP contribution in [0.1, 0.15) is 12.8 Å². The molecule has 104 valence electrons. The van der Waals surface area contributed by atoms with E-state index in [-0.39, 0.29) is 11.4 Å². The molecule has 1 aromatic rings. The lowest BCUT2D eigenvalue weighted by Gasteiger charge is -2.20. The molecule has 1 aliphatic rings. The number of nitrogens with zero attached hydrogens (tertiary/aromatic N) is 2. The Hall–Kier alpha value is -1.87. The molecule has 1 aliphatic heterocycles. The topological polar surface area (TPSA) is 133 Å². The number of benzene rings is 1. The minimum atomic E-state index is -4.10. The molecule has 0 radical (unpaired) electrons. The molecule has 0 spiro atoms. The van der Waals surface area contributed by atoms with Crippen molar-refractivity contribution >= 4 is 27.1 Å². The van der Waals surface area contributed by atoms with Crippen molar-refractivity contribution in [2.45, 2.75) is 17.7 Å². The Morgan fingerprint density at radius 2 is 1.84 bits per heavy atom. The van der Waals surface area contributed by atoms with Gasteiger partial charge in [-0.15, -0.1) is 0 Å². The highest BCUT2D eigenvalue weighted by atomic mass is 32.2. The van der Waals surface area contributed by atoms with Crippen molar-refractivity contribution in [3.8, 4) is 0 Å². The summed E-state index contributed by atoms with van der Waals surface area (Å²) in [5.41, 5.74) is 5.79. The highest BCUT2D eigenvalue weighted by molar-refractivity contribution is 7.89. The van der Waals surface area contributed by atoms with E-state index in [4.69, 9.17) is 10.9 Å². The van der Waals surface area contributed by atoms with Crippen molar-refractivity contribution in [1.29, 1.82) is 0 Å². The third-order valence-corrected chi connectivity index (χ3v) is 4.02. The third-order valence-electron chi connectivity index (χ3n) is 3.07. The molecule has 0 aliphatic carbocycles. The summed E-state index contributed by atoms with van der Waals surface area (Å²) in [6.07, 6.45) is 1.87. The number of nitro benzene ring substituents is 1. The molecule has 19 heavy (non-hydrogen) atoms. The predicted molar refractivity (Wildman–Crippen MR) is 70.3 cm³/mol. The van der Waals surface area contributed by atoms with E-state index in [9.17, 15) is 18.5 Å². The van der Waals surface area contributed by atoms with E-state index in [1.54, 1.807) is 0 Å². The van der Waals surface area contributed by atoms with E-state index in [1.165, 1.54) is 6.07 Å². The van der Waals surface area contributed by atoms with Crippen LogP contribution in [0.3, 0.4) is 0 Å². The third kappa shape index (κ3) is 2.61. The number of nitrogens with two attached hydrogens (primary N) is 2. The first-order valence-corrected chi connectivity index (χ1v) is 7.21. The second-order valence-electron chi connectivity index (χ2n) is 4.37. The minimum absolute atomic E-state index is 0.0324. The average Bonchev–Trinajstić information content (AvgIpc) is 2.80. The summed E-state index contributed by atoms with van der Waals surface area (Å²) in [6.45, 7) is 1.38. The Balaban J connectivity index is 2.65. The smallest absolute Gasteiger partial charge is 0.273 e. The van der Waals surface area contributed by atoms with Gasteiger partial charge in [-0.2, -0.15) is 0 Å². The summed E-state index contributed by atoms with van der Waals surface area (Å²) >= 11 is 0. The highest BCUT2D eigenvalue weighted by Gasteiger charge is 2.25. The van der Waals surface area contributed by atoms with Crippen molar-refractivity contribution < 1.29 is 13.3 Å². The fourth-order valence-electron chi connectivity index (χ4n) is 2.16. The number of sulfonamides is 1. The highest BCUT2D eigenvalue weighted by Crippen LogP contribution is 2.35. The van der Waals surface area contributed by atoms with Crippen LogP contribution in [0.4, 0.5) is 17.1 Å². The van der Waals surface area contributed by atoms with Crippen LogP contribution in [0.2, 0.25) is 0 Å². The summed E-state index contributed by atoms with van der Waals surface area (Å²) in [4.78, 5) is 11.6. The van der Waals surface area contributed by atoms with E-state index in [2.05, 4.69) is 0 Å². The van der Waals surface area contributed by atoms with E-state index in [0.717, 1.165) is 18.9 Å². The molecule has 9 heteroatoms. The first-order chi connectivity index (χ1) is 8.80. The number of anilines is 2. The van der Waals surface area contributed by atoms with E-state index in [1.807, 2.05) is 4.90 Å². The van der Waals surface area contributed by atoms with Crippen molar-refractivity contribution in [3.63, 3.8) is 0 Å². The van der Waals surface area contributed by atoms with Crippen LogP contribution in [0.15, 0.2) is 17.0 Å². The van der Waals surface area contributed by atoms with Gasteiger partial charge in [0.2, 0.25) is 10.0 Å². The molecular weight excluding hydrogens is 272 g/mol. The Morgan fingerprint density at radius 3 is 2.32 bits per heavy atom. The maximum atomic E-state index is 11.5. The number of nitro groups is 1. The zero-order chi connectivity index (χ0) is 14.2. The van der Waals surface area contributed by atoms with Crippen LogP contribution in [0, 0.1) is 10.1 Å². The van der Waals surface area contributed by atoms with Crippen LogP contribution in [-0.4, -0.2) is 26.4 Å². The number of rotatable bonds is 3. The summed E-state index contributed by atoms with van der Waals surface area (Å²) in [6, 6.07) is 2.18. The largest absolute Gasteiger partial charge is 0.396 e. The molecular formula is C10H14N4O4S. The van der Waals surface area contributed by atoms with Crippen molar-refractivity contribution in [2.75, 3.05) is 23.7 Å². The zero-order valence-corrected chi connectivity index (χ0v) is 10.9. The van der Waals surface area contributed by atoms with Gasteiger partial charge >= 0.3 is 0 Å². The quantitative estimate of drug-likeness (QED) is 0.470. The first kappa shape index (κ1) is 13.6. The molecule has 1 fully saturated rings.